The van der Waals surface area contributed by atoms with Crippen LogP contribution in [0.1, 0.15) is 46.0 Å². The van der Waals surface area contributed by atoms with Crippen LogP contribution in [0.15, 0.2) is 0 Å². The Bertz CT molecular complexity index is 307. The summed E-state index contributed by atoms with van der Waals surface area (Å²) in [5.74, 6) is 0. The maximum Gasteiger partial charge on any atom is 0.317 e. The van der Waals surface area contributed by atoms with Gasteiger partial charge in [-0.3, -0.25) is 0 Å². The second kappa shape index (κ2) is 7.27. The molecule has 2 amide bonds. The normalized spacial score (nSPS) is 18.1. The molecular formula is C15H30N2O3. The zero-order valence-corrected chi connectivity index (χ0v) is 13.4. The SMILES string of the molecule is COCCC1(CNC(=O)N(C)CC(C)(C)O)CCCC1. The van der Waals surface area contributed by atoms with E-state index in [9.17, 15) is 9.90 Å². The summed E-state index contributed by atoms with van der Waals surface area (Å²) >= 11 is 0. The first-order valence-corrected chi connectivity index (χ1v) is 7.48. The van der Waals surface area contributed by atoms with Crippen molar-refractivity contribution in [1.29, 1.82) is 0 Å². The number of hydrogen-bond acceptors (Lipinski definition) is 3. The summed E-state index contributed by atoms with van der Waals surface area (Å²) in [7, 11) is 3.43. The molecule has 0 unspecified atom stereocenters. The average Bonchev–Trinajstić information content (AvgIpc) is 2.81. The predicted molar refractivity (Wildman–Crippen MR) is 79.7 cm³/mol. The van der Waals surface area contributed by atoms with Crippen LogP contribution in [0.25, 0.3) is 0 Å². The average molecular weight is 286 g/mol. The van der Waals surface area contributed by atoms with Gasteiger partial charge >= 0.3 is 6.03 Å². The molecule has 1 rings (SSSR count). The number of ether oxygens (including phenoxy) is 1. The summed E-state index contributed by atoms with van der Waals surface area (Å²) in [5, 5.41) is 12.8. The van der Waals surface area contributed by atoms with Gasteiger partial charge in [0.2, 0.25) is 0 Å². The summed E-state index contributed by atoms with van der Waals surface area (Å²) in [6.45, 7) is 5.17. The lowest BCUT2D eigenvalue weighted by Crippen LogP contribution is -2.47. The number of aliphatic hydroxyl groups is 1. The molecule has 0 aromatic heterocycles. The van der Waals surface area contributed by atoms with E-state index in [4.69, 9.17) is 4.74 Å². The van der Waals surface area contributed by atoms with E-state index in [-0.39, 0.29) is 11.4 Å². The molecule has 0 bridgehead atoms. The highest BCUT2D eigenvalue weighted by atomic mass is 16.5. The molecule has 0 radical (unpaired) electrons. The van der Waals surface area contributed by atoms with E-state index in [0.29, 0.717) is 13.1 Å². The zero-order chi connectivity index (χ0) is 15.2. The molecule has 0 spiro atoms. The van der Waals surface area contributed by atoms with Gasteiger partial charge in [0, 0.05) is 27.3 Å². The minimum absolute atomic E-state index is 0.115. The number of hydrogen-bond donors (Lipinski definition) is 2. The highest BCUT2D eigenvalue weighted by Crippen LogP contribution is 2.40. The molecule has 1 aliphatic rings. The first-order valence-electron chi connectivity index (χ1n) is 7.48. The van der Waals surface area contributed by atoms with Crippen LogP contribution >= 0.6 is 0 Å². The Hall–Kier alpha value is -0.810. The standard InChI is InChI=1S/C15H30N2O3/c1-14(2,19)12-17(3)13(18)16-11-15(9-10-20-4)7-5-6-8-15/h19H,5-12H2,1-4H3,(H,16,18). The van der Waals surface area contributed by atoms with Crippen molar-refractivity contribution < 1.29 is 14.6 Å². The summed E-state index contributed by atoms with van der Waals surface area (Å²) in [6, 6.07) is -0.115. The second-order valence-electron chi connectivity index (χ2n) is 6.78. The van der Waals surface area contributed by atoms with E-state index < -0.39 is 5.60 Å². The first-order chi connectivity index (χ1) is 9.28. The number of likely N-dealkylation sites (N-methyl/N-ethyl adjacent to an activating group) is 1. The molecule has 5 heteroatoms. The van der Waals surface area contributed by atoms with Crippen molar-refractivity contribution in [3.63, 3.8) is 0 Å². The number of amides is 2. The minimum Gasteiger partial charge on any atom is -0.389 e. The highest BCUT2D eigenvalue weighted by molar-refractivity contribution is 5.73. The van der Waals surface area contributed by atoms with E-state index in [1.165, 1.54) is 12.8 Å². The van der Waals surface area contributed by atoms with Gasteiger partial charge in [-0.25, -0.2) is 4.79 Å². The number of nitrogens with one attached hydrogen (secondary N) is 1. The van der Waals surface area contributed by atoms with Crippen molar-refractivity contribution in [3.8, 4) is 0 Å². The Kier molecular flexibility index (Phi) is 6.27. The van der Waals surface area contributed by atoms with Crippen LogP contribution in [0.5, 0.6) is 0 Å². The number of methoxy groups -OCH3 is 1. The van der Waals surface area contributed by atoms with Crippen molar-refractivity contribution in [3.05, 3.63) is 0 Å². The Labute approximate surface area is 122 Å². The van der Waals surface area contributed by atoms with Gasteiger partial charge in [0.05, 0.1) is 12.1 Å². The first kappa shape index (κ1) is 17.2. The third kappa shape index (κ3) is 5.67. The molecule has 1 saturated carbocycles. The van der Waals surface area contributed by atoms with Gasteiger partial charge in [0.25, 0.3) is 0 Å². The van der Waals surface area contributed by atoms with Crippen molar-refractivity contribution in [1.82, 2.24) is 10.2 Å². The second-order valence-corrected chi connectivity index (χ2v) is 6.78. The number of urea groups is 1. The molecule has 0 heterocycles. The molecular weight excluding hydrogens is 256 g/mol. The Morgan fingerprint density at radius 1 is 1.40 bits per heavy atom. The maximum atomic E-state index is 12.1. The smallest absolute Gasteiger partial charge is 0.317 e. The number of nitrogens with zero attached hydrogens (tertiary/aromatic N) is 1. The van der Waals surface area contributed by atoms with Gasteiger partial charge in [0.15, 0.2) is 0 Å². The lowest BCUT2D eigenvalue weighted by Gasteiger charge is -2.31. The third-order valence-corrected chi connectivity index (χ3v) is 4.09. The van der Waals surface area contributed by atoms with Gasteiger partial charge < -0.3 is 20.1 Å². The van der Waals surface area contributed by atoms with Crippen molar-refractivity contribution in [2.75, 3.05) is 33.9 Å². The molecule has 0 aromatic rings. The van der Waals surface area contributed by atoms with Crippen LogP contribution in [0.2, 0.25) is 0 Å². The van der Waals surface area contributed by atoms with E-state index in [1.54, 1.807) is 32.9 Å². The topological polar surface area (TPSA) is 61.8 Å². The summed E-state index contributed by atoms with van der Waals surface area (Å²) < 4.78 is 5.19. The van der Waals surface area contributed by atoms with Gasteiger partial charge in [-0.05, 0) is 38.5 Å². The molecule has 0 aromatic carbocycles. The Balaban J connectivity index is 2.44. The predicted octanol–water partition coefficient (Wildman–Crippen LogP) is 2.00. The number of carbonyl (C=O) groups excluding carboxylic acids is 1. The van der Waals surface area contributed by atoms with E-state index in [0.717, 1.165) is 25.9 Å². The highest BCUT2D eigenvalue weighted by Gasteiger charge is 2.34. The molecule has 0 saturated heterocycles. The van der Waals surface area contributed by atoms with Gasteiger partial charge in [-0.2, -0.15) is 0 Å². The Morgan fingerprint density at radius 2 is 2.00 bits per heavy atom. The molecule has 1 aliphatic carbocycles. The fraction of sp³-hybridized carbons (Fsp3) is 0.933. The summed E-state index contributed by atoms with van der Waals surface area (Å²) in [6.07, 6.45) is 5.79. The van der Waals surface area contributed by atoms with Crippen LogP contribution < -0.4 is 5.32 Å². The van der Waals surface area contributed by atoms with Crippen LogP contribution in [0.4, 0.5) is 4.79 Å². The fourth-order valence-corrected chi connectivity index (χ4v) is 3.01. The fourth-order valence-electron chi connectivity index (χ4n) is 3.01. The van der Waals surface area contributed by atoms with Crippen LogP contribution in [-0.2, 0) is 4.74 Å². The lowest BCUT2D eigenvalue weighted by molar-refractivity contribution is 0.0524. The number of rotatable bonds is 7. The van der Waals surface area contributed by atoms with E-state index in [2.05, 4.69) is 5.32 Å². The molecule has 0 aliphatic heterocycles. The van der Waals surface area contributed by atoms with Crippen LogP contribution in [0.3, 0.4) is 0 Å². The third-order valence-electron chi connectivity index (χ3n) is 4.09. The minimum atomic E-state index is -0.868. The van der Waals surface area contributed by atoms with Crippen LogP contribution in [-0.4, -0.2) is 55.5 Å². The molecule has 5 nitrogen and oxygen atoms in total. The molecule has 1 fully saturated rings. The molecule has 118 valence electrons. The van der Waals surface area contributed by atoms with E-state index in [1.807, 2.05) is 0 Å². The zero-order valence-electron chi connectivity index (χ0n) is 13.4. The lowest BCUT2D eigenvalue weighted by atomic mass is 9.83. The van der Waals surface area contributed by atoms with E-state index >= 15 is 0 Å². The monoisotopic (exact) mass is 286 g/mol. The van der Waals surface area contributed by atoms with Crippen molar-refractivity contribution >= 4 is 6.03 Å². The molecule has 2 N–H and O–H groups in total. The summed E-state index contributed by atoms with van der Waals surface area (Å²) in [5.41, 5.74) is -0.672. The van der Waals surface area contributed by atoms with Crippen LogP contribution in [0, 0.1) is 5.41 Å². The Morgan fingerprint density at radius 3 is 2.50 bits per heavy atom. The van der Waals surface area contributed by atoms with Gasteiger partial charge in [-0.15, -0.1) is 0 Å². The summed E-state index contributed by atoms with van der Waals surface area (Å²) in [4.78, 5) is 13.6. The molecule has 20 heavy (non-hydrogen) atoms. The maximum absolute atomic E-state index is 12.1. The van der Waals surface area contributed by atoms with Gasteiger partial charge in [-0.1, -0.05) is 12.8 Å². The van der Waals surface area contributed by atoms with Gasteiger partial charge in [0.1, 0.15) is 0 Å². The van der Waals surface area contributed by atoms with Crippen molar-refractivity contribution in [2.45, 2.75) is 51.6 Å². The van der Waals surface area contributed by atoms with Crippen molar-refractivity contribution in [2.24, 2.45) is 5.41 Å². The quantitative estimate of drug-likeness (QED) is 0.752. The largest absolute Gasteiger partial charge is 0.389 e. The molecule has 0 atom stereocenters. The number of carbonyl (C=O) groups is 1.